The van der Waals surface area contributed by atoms with Gasteiger partial charge in [0.25, 0.3) is 0 Å². The summed E-state index contributed by atoms with van der Waals surface area (Å²) in [6, 6.07) is 15.5. The number of carbonyl (C=O) groups is 1. The predicted molar refractivity (Wildman–Crippen MR) is 103 cm³/mol. The van der Waals surface area contributed by atoms with Gasteiger partial charge >= 0.3 is 12.1 Å². The van der Waals surface area contributed by atoms with Crippen molar-refractivity contribution in [2.24, 2.45) is 0 Å². The van der Waals surface area contributed by atoms with E-state index in [9.17, 15) is 22.4 Å². The van der Waals surface area contributed by atoms with E-state index in [2.05, 4.69) is 10.1 Å². The maximum atomic E-state index is 13.8. The van der Waals surface area contributed by atoms with Crippen LogP contribution >= 0.6 is 0 Å². The quantitative estimate of drug-likeness (QED) is 0.396. The van der Waals surface area contributed by atoms with Crippen LogP contribution in [0.4, 0.5) is 28.9 Å². The highest BCUT2D eigenvalue weighted by atomic mass is 19.4. The highest BCUT2D eigenvalue weighted by Crippen LogP contribution is 2.35. The van der Waals surface area contributed by atoms with Crippen molar-refractivity contribution < 1.29 is 31.8 Å². The number of esters is 1. The molecule has 0 aliphatic carbocycles. The summed E-state index contributed by atoms with van der Waals surface area (Å²) in [5.41, 5.74) is -0.125. The molecular weight excluding hydrogens is 402 g/mol. The molecule has 0 amide bonds. The second-order valence-corrected chi connectivity index (χ2v) is 6.29. The van der Waals surface area contributed by atoms with E-state index in [0.29, 0.717) is 6.07 Å². The van der Waals surface area contributed by atoms with Crippen molar-refractivity contribution in [3.05, 3.63) is 89.2 Å². The van der Waals surface area contributed by atoms with E-state index in [1.807, 2.05) is 30.3 Å². The van der Waals surface area contributed by atoms with Gasteiger partial charge in [0.2, 0.25) is 0 Å². The molecule has 156 valence electrons. The van der Waals surface area contributed by atoms with E-state index in [-0.39, 0.29) is 29.3 Å². The van der Waals surface area contributed by atoms with Crippen molar-refractivity contribution in [2.75, 3.05) is 12.4 Å². The molecule has 0 aliphatic heterocycles. The third-order valence-electron chi connectivity index (χ3n) is 4.20. The fourth-order valence-corrected chi connectivity index (χ4v) is 2.71. The number of halogens is 4. The lowest BCUT2D eigenvalue weighted by atomic mass is 10.1. The van der Waals surface area contributed by atoms with Crippen molar-refractivity contribution >= 4 is 17.3 Å². The number of anilines is 2. The second kappa shape index (κ2) is 8.86. The van der Waals surface area contributed by atoms with Crippen molar-refractivity contribution in [3.63, 3.8) is 0 Å². The van der Waals surface area contributed by atoms with E-state index in [1.165, 1.54) is 12.1 Å². The maximum Gasteiger partial charge on any atom is 0.416 e. The first kappa shape index (κ1) is 21.2. The van der Waals surface area contributed by atoms with E-state index in [0.717, 1.165) is 30.9 Å². The number of rotatable bonds is 6. The second-order valence-electron chi connectivity index (χ2n) is 6.29. The van der Waals surface area contributed by atoms with Crippen molar-refractivity contribution in [1.82, 2.24) is 0 Å². The molecule has 0 atom stereocenters. The fourth-order valence-electron chi connectivity index (χ4n) is 2.71. The van der Waals surface area contributed by atoms with Crippen LogP contribution in [0.1, 0.15) is 21.5 Å². The van der Waals surface area contributed by atoms with Gasteiger partial charge in [-0.1, -0.05) is 30.3 Å². The van der Waals surface area contributed by atoms with Crippen LogP contribution in [0.15, 0.2) is 66.7 Å². The number of hydrogen-bond acceptors (Lipinski definition) is 4. The fraction of sp³-hybridized carbons (Fsp3) is 0.136. The Hall–Kier alpha value is -3.55. The molecule has 3 aromatic rings. The van der Waals surface area contributed by atoms with Gasteiger partial charge in [0.1, 0.15) is 18.2 Å². The van der Waals surface area contributed by atoms with Gasteiger partial charge in [-0.05, 0) is 35.9 Å². The van der Waals surface area contributed by atoms with Crippen molar-refractivity contribution in [3.8, 4) is 5.75 Å². The van der Waals surface area contributed by atoms with Crippen LogP contribution in [0, 0.1) is 5.82 Å². The first-order valence-corrected chi connectivity index (χ1v) is 8.81. The third kappa shape index (κ3) is 5.08. The lowest BCUT2D eigenvalue weighted by molar-refractivity contribution is -0.137. The number of carbonyl (C=O) groups excluding carboxylic acids is 1. The first-order chi connectivity index (χ1) is 14.3. The number of hydrogen-bond donors (Lipinski definition) is 1. The summed E-state index contributed by atoms with van der Waals surface area (Å²) in [4.78, 5) is 12.0. The molecule has 0 radical (unpaired) electrons. The zero-order valence-corrected chi connectivity index (χ0v) is 15.8. The van der Waals surface area contributed by atoms with E-state index < -0.39 is 23.5 Å². The smallest absolute Gasteiger partial charge is 0.416 e. The molecule has 0 saturated heterocycles. The Bertz CT molecular complexity index is 1040. The van der Waals surface area contributed by atoms with Crippen LogP contribution in [0.5, 0.6) is 5.75 Å². The molecular formula is C22H17F4NO3. The Morgan fingerprint density at radius 3 is 2.33 bits per heavy atom. The van der Waals surface area contributed by atoms with Gasteiger partial charge < -0.3 is 14.8 Å². The van der Waals surface area contributed by atoms with Crippen LogP contribution in [-0.4, -0.2) is 13.1 Å². The number of nitrogens with one attached hydrogen (secondary N) is 1. The number of ether oxygens (including phenoxy) is 2. The van der Waals surface area contributed by atoms with Crippen molar-refractivity contribution in [1.29, 1.82) is 0 Å². The summed E-state index contributed by atoms with van der Waals surface area (Å²) >= 11 is 0. The van der Waals surface area contributed by atoms with Gasteiger partial charge in [-0.3, -0.25) is 0 Å². The van der Waals surface area contributed by atoms with E-state index in [1.54, 1.807) is 0 Å². The standard InChI is InChI=1S/C22H17F4NO3/c1-29-21(28)17-11-15(22(24,25)26)7-9-18(17)27-19-10-8-16(23)12-20(19)30-13-14-5-3-2-4-6-14/h2-12,27H,13H2,1H3. The maximum absolute atomic E-state index is 13.8. The zero-order chi connectivity index (χ0) is 21.7. The highest BCUT2D eigenvalue weighted by molar-refractivity contribution is 5.97. The van der Waals surface area contributed by atoms with Gasteiger partial charge in [-0.25, -0.2) is 9.18 Å². The minimum Gasteiger partial charge on any atom is -0.487 e. The summed E-state index contributed by atoms with van der Waals surface area (Å²) in [6.45, 7) is 0.149. The zero-order valence-electron chi connectivity index (χ0n) is 15.8. The number of benzene rings is 3. The lowest BCUT2D eigenvalue weighted by Gasteiger charge is -2.17. The minimum absolute atomic E-state index is 0.0611. The van der Waals surface area contributed by atoms with Gasteiger partial charge in [0.15, 0.2) is 0 Å². The minimum atomic E-state index is -4.62. The van der Waals surface area contributed by atoms with Gasteiger partial charge in [0.05, 0.1) is 29.6 Å². The Labute approximate surface area is 170 Å². The summed E-state index contributed by atoms with van der Waals surface area (Å²) in [7, 11) is 1.07. The molecule has 8 heteroatoms. The summed E-state index contributed by atoms with van der Waals surface area (Å²) in [6.07, 6.45) is -4.62. The molecule has 0 saturated carbocycles. The SMILES string of the molecule is COC(=O)c1cc(C(F)(F)F)ccc1Nc1ccc(F)cc1OCc1ccccc1. The molecule has 0 unspecified atom stereocenters. The topological polar surface area (TPSA) is 47.6 Å². The molecule has 3 rings (SSSR count). The van der Waals surface area contributed by atoms with Crippen LogP contribution < -0.4 is 10.1 Å². The molecule has 3 aromatic carbocycles. The largest absolute Gasteiger partial charge is 0.487 e. The van der Waals surface area contributed by atoms with E-state index >= 15 is 0 Å². The molecule has 30 heavy (non-hydrogen) atoms. The summed E-state index contributed by atoms with van der Waals surface area (Å²) in [5, 5.41) is 2.84. The van der Waals surface area contributed by atoms with E-state index in [4.69, 9.17) is 4.74 Å². The molecule has 0 heterocycles. The van der Waals surface area contributed by atoms with Crippen LogP contribution in [0.25, 0.3) is 0 Å². The lowest BCUT2D eigenvalue weighted by Crippen LogP contribution is -2.11. The first-order valence-electron chi connectivity index (χ1n) is 8.81. The van der Waals surface area contributed by atoms with Gasteiger partial charge in [-0.2, -0.15) is 13.2 Å². The Balaban J connectivity index is 1.93. The van der Waals surface area contributed by atoms with Gasteiger partial charge in [0, 0.05) is 6.07 Å². The molecule has 1 N–H and O–H groups in total. The van der Waals surface area contributed by atoms with Crippen LogP contribution in [0.3, 0.4) is 0 Å². The van der Waals surface area contributed by atoms with Crippen LogP contribution in [-0.2, 0) is 17.5 Å². The Kier molecular flexibility index (Phi) is 6.25. The number of methoxy groups -OCH3 is 1. The average molecular weight is 419 g/mol. The molecule has 0 aromatic heterocycles. The molecule has 4 nitrogen and oxygen atoms in total. The molecule has 0 spiro atoms. The molecule has 0 aliphatic rings. The normalized spacial score (nSPS) is 11.1. The number of alkyl halides is 3. The third-order valence-corrected chi connectivity index (χ3v) is 4.20. The molecule has 0 bridgehead atoms. The monoisotopic (exact) mass is 419 g/mol. The summed E-state index contributed by atoms with van der Waals surface area (Å²) < 4.78 is 63.1. The van der Waals surface area contributed by atoms with Crippen molar-refractivity contribution in [2.45, 2.75) is 12.8 Å². The predicted octanol–water partition coefficient (Wildman–Crippen LogP) is 5.95. The Morgan fingerprint density at radius 1 is 0.967 bits per heavy atom. The van der Waals surface area contributed by atoms with Gasteiger partial charge in [-0.15, -0.1) is 0 Å². The summed E-state index contributed by atoms with van der Waals surface area (Å²) in [5.74, 6) is -1.36. The van der Waals surface area contributed by atoms with Crippen LogP contribution in [0.2, 0.25) is 0 Å². The Morgan fingerprint density at radius 2 is 1.67 bits per heavy atom. The molecule has 0 fully saturated rings. The average Bonchev–Trinajstić information content (AvgIpc) is 2.73. The highest BCUT2D eigenvalue weighted by Gasteiger charge is 2.32.